The molecule has 166 valence electrons. The number of rotatable bonds is 4. The first-order chi connectivity index (χ1) is 16.2. The van der Waals surface area contributed by atoms with Gasteiger partial charge in [0.1, 0.15) is 11.5 Å². The second kappa shape index (κ2) is 8.45. The molecule has 0 saturated carbocycles. The van der Waals surface area contributed by atoms with Crippen molar-refractivity contribution in [3.05, 3.63) is 72.3 Å². The van der Waals surface area contributed by atoms with E-state index in [2.05, 4.69) is 56.1 Å². The van der Waals surface area contributed by atoms with Gasteiger partial charge in [-0.1, -0.05) is 18.2 Å². The highest BCUT2D eigenvalue weighted by molar-refractivity contribution is 5.84. The van der Waals surface area contributed by atoms with Crippen LogP contribution in [0.1, 0.15) is 17.5 Å². The van der Waals surface area contributed by atoms with Crippen molar-refractivity contribution >= 4 is 5.95 Å². The summed E-state index contributed by atoms with van der Waals surface area (Å²) in [5.41, 5.74) is 7.11. The van der Waals surface area contributed by atoms with Gasteiger partial charge in [0.05, 0.1) is 5.56 Å². The van der Waals surface area contributed by atoms with Crippen LogP contribution in [0, 0.1) is 0 Å². The Balaban J connectivity index is 1.37. The van der Waals surface area contributed by atoms with Crippen molar-refractivity contribution < 1.29 is 4.42 Å². The Morgan fingerprint density at radius 3 is 2.33 bits per heavy atom. The summed E-state index contributed by atoms with van der Waals surface area (Å²) in [6, 6.07) is 12.9. The maximum Gasteiger partial charge on any atom is 0.225 e. The van der Waals surface area contributed by atoms with Crippen molar-refractivity contribution in [2.45, 2.75) is 19.3 Å². The lowest BCUT2D eigenvalue weighted by Gasteiger charge is -2.32. The van der Waals surface area contributed by atoms with E-state index in [9.17, 15) is 0 Å². The summed E-state index contributed by atoms with van der Waals surface area (Å²) in [7, 11) is 2.15. The topological polar surface area (TPSA) is 58.3 Å². The maximum atomic E-state index is 6.43. The molecule has 1 aliphatic heterocycles. The van der Waals surface area contributed by atoms with Gasteiger partial charge in [0, 0.05) is 62.1 Å². The van der Waals surface area contributed by atoms with E-state index in [1.807, 2.05) is 24.5 Å². The van der Waals surface area contributed by atoms with E-state index in [-0.39, 0.29) is 0 Å². The molecule has 0 amide bonds. The molecule has 1 aliphatic carbocycles. The Morgan fingerprint density at radius 2 is 1.55 bits per heavy atom. The zero-order valence-electron chi connectivity index (χ0n) is 18.9. The average molecular weight is 438 g/mol. The van der Waals surface area contributed by atoms with Crippen LogP contribution in [-0.4, -0.2) is 53.1 Å². The van der Waals surface area contributed by atoms with E-state index in [1.165, 1.54) is 29.5 Å². The standard InChI is InChI=1S/C27H27N5O/c1-31-11-13-32(14-12-31)27-29-17-23(18-30-27)25-16-24(26(33-25)20-7-9-28-10-8-20)22-6-5-19-3-2-4-21(19)15-22/h5-10,15-18H,2-4,11-14H2,1H3. The molecule has 0 unspecified atom stereocenters. The van der Waals surface area contributed by atoms with E-state index in [0.717, 1.165) is 66.8 Å². The number of hydrogen-bond acceptors (Lipinski definition) is 6. The Labute approximate surface area is 193 Å². The molecule has 6 heteroatoms. The molecule has 1 saturated heterocycles. The SMILES string of the molecule is CN1CCN(c2ncc(-c3cc(-c4ccc5c(c4)CCC5)c(-c4ccncc4)o3)cn2)CC1. The number of anilines is 1. The van der Waals surface area contributed by atoms with Gasteiger partial charge in [-0.3, -0.25) is 4.98 Å². The second-order valence-electron chi connectivity index (χ2n) is 8.99. The molecule has 1 aromatic carbocycles. The fourth-order valence-corrected chi connectivity index (χ4v) is 4.82. The lowest BCUT2D eigenvalue weighted by Crippen LogP contribution is -2.45. The van der Waals surface area contributed by atoms with Crippen molar-refractivity contribution in [1.29, 1.82) is 0 Å². The van der Waals surface area contributed by atoms with Gasteiger partial charge < -0.3 is 14.2 Å². The number of nitrogens with zero attached hydrogens (tertiary/aromatic N) is 5. The molecule has 0 spiro atoms. The predicted molar refractivity (Wildman–Crippen MR) is 130 cm³/mol. The number of piperazine rings is 1. The highest BCUT2D eigenvalue weighted by Gasteiger charge is 2.20. The molecule has 2 aliphatic rings. The largest absolute Gasteiger partial charge is 0.455 e. The highest BCUT2D eigenvalue weighted by atomic mass is 16.3. The van der Waals surface area contributed by atoms with E-state index in [4.69, 9.17) is 4.42 Å². The number of fused-ring (bicyclic) bond motifs is 1. The number of pyridine rings is 1. The maximum absolute atomic E-state index is 6.43. The Kier molecular flexibility index (Phi) is 5.15. The summed E-state index contributed by atoms with van der Waals surface area (Å²) in [4.78, 5) is 18.1. The molecule has 0 atom stereocenters. The minimum atomic E-state index is 0.780. The zero-order valence-corrected chi connectivity index (χ0v) is 18.9. The van der Waals surface area contributed by atoms with E-state index >= 15 is 0 Å². The van der Waals surface area contributed by atoms with Gasteiger partial charge in [0.25, 0.3) is 0 Å². The second-order valence-corrected chi connectivity index (χ2v) is 8.99. The molecule has 4 heterocycles. The fraction of sp³-hybridized carbons (Fsp3) is 0.296. The summed E-state index contributed by atoms with van der Waals surface area (Å²) < 4.78 is 6.43. The number of aromatic nitrogens is 3. The first-order valence-corrected chi connectivity index (χ1v) is 11.7. The summed E-state index contributed by atoms with van der Waals surface area (Å²) in [6.45, 7) is 3.96. The van der Waals surface area contributed by atoms with Crippen LogP contribution in [0.5, 0.6) is 0 Å². The zero-order chi connectivity index (χ0) is 22.2. The molecule has 6 nitrogen and oxygen atoms in total. The summed E-state index contributed by atoms with van der Waals surface area (Å²) in [5, 5.41) is 0. The van der Waals surface area contributed by atoms with Gasteiger partial charge in [-0.15, -0.1) is 0 Å². The van der Waals surface area contributed by atoms with Crippen LogP contribution >= 0.6 is 0 Å². The quantitative estimate of drug-likeness (QED) is 0.461. The molecule has 0 radical (unpaired) electrons. The van der Waals surface area contributed by atoms with Crippen molar-refractivity contribution in [2.24, 2.45) is 0 Å². The number of hydrogen-bond donors (Lipinski definition) is 0. The Morgan fingerprint density at radius 1 is 0.788 bits per heavy atom. The van der Waals surface area contributed by atoms with Crippen molar-refractivity contribution in [2.75, 3.05) is 38.1 Å². The summed E-state index contributed by atoms with van der Waals surface area (Å²) in [6.07, 6.45) is 10.9. The third kappa shape index (κ3) is 3.91. The molecule has 3 aromatic heterocycles. The van der Waals surface area contributed by atoms with E-state index in [1.54, 1.807) is 12.4 Å². The van der Waals surface area contributed by atoms with E-state index < -0.39 is 0 Å². The molecule has 0 bridgehead atoms. The average Bonchev–Trinajstić information content (AvgIpc) is 3.52. The molecule has 6 rings (SSSR count). The predicted octanol–water partition coefficient (Wildman–Crippen LogP) is 4.71. The van der Waals surface area contributed by atoms with Crippen molar-refractivity contribution in [3.8, 4) is 33.8 Å². The highest BCUT2D eigenvalue weighted by Crippen LogP contribution is 2.40. The van der Waals surface area contributed by atoms with Crippen molar-refractivity contribution in [1.82, 2.24) is 19.9 Å². The van der Waals surface area contributed by atoms with Crippen LogP contribution in [0.4, 0.5) is 5.95 Å². The van der Waals surface area contributed by atoms with E-state index in [0.29, 0.717) is 0 Å². The van der Waals surface area contributed by atoms with Gasteiger partial charge in [-0.2, -0.15) is 0 Å². The van der Waals surface area contributed by atoms with Gasteiger partial charge >= 0.3 is 0 Å². The number of furan rings is 1. The first-order valence-electron chi connectivity index (χ1n) is 11.7. The normalized spacial score (nSPS) is 16.2. The molecule has 1 fully saturated rings. The third-order valence-electron chi connectivity index (χ3n) is 6.79. The van der Waals surface area contributed by atoms with Crippen LogP contribution in [-0.2, 0) is 12.8 Å². The number of benzene rings is 1. The van der Waals surface area contributed by atoms with Crippen LogP contribution in [0.15, 0.2) is 65.6 Å². The van der Waals surface area contributed by atoms with Gasteiger partial charge in [0.2, 0.25) is 5.95 Å². The summed E-state index contributed by atoms with van der Waals surface area (Å²) >= 11 is 0. The number of aryl methyl sites for hydroxylation is 2. The molecular weight excluding hydrogens is 410 g/mol. The minimum Gasteiger partial charge on any atom is -0.455 e. The first kappa shape index (κ1) is 20.1. The minimum absolute atomic E-state index is 0.780. The van der Waals surface area contributed by atoms with Gasteiger partial charge in [0.15, 0.2) is 0 Å². The monoisotopic (exact) mass is 437 g/mol. The van der Waals surface area contributed by atoms with Crippen LogP contribution < -0.4 is 4.90 Å². The molecule has 4 aromatic rings. The lowest BCUT2D eigenvalue weighted by atomic mass is 9.98. The Bertz CT molecular complexity index is 1260. The van der Waals surface area contributed by atoms with Crippen LogP contribution in [0.2, 0.25) is 0 Å². The van der Waals surface area contributed by atoms with Gasteiger partial charge in [-0.25, -0.2) is 9.97 Å². The molecular formula is C27H27N5O. The Hall–Kier alpha value is -3.51. The third-order valence-corrected chi connectivity index (χ3v) is 6.79. The lowest BCUT2D eigenvalue weighted by molar-refractivity contribution is 0.311. The fourth-order valence-electron chi connectivity index (χ4n) is 4.82. The molecule has 0 N–H and O–H groups in total. The number of likely N-dealkylation sites (N-methyl/N-ethyl adjacent to an activating group) is 1. The van der Waals surface area contributed by atoms with Gasteiger partial charge in [-0.05, 0) is 61.2 Å². The van der Waals surface area contributed by atoms with Crippen molar-refractivity contribution in [3.63, 3.8) is 0 Å². The summed E-state index contributed by atoms with van der Waals surface area (Å²) in [5.74, 6) is 2.42. The van der Waals surface area contributed by atoms with Crippen LogP contribution in [0.3, 0.4) is 0 Å². The smallest absolute Gasteiger partial charge is 0.225 e. The molecule has 33 heavy (non-hydrogen) atoms. The van der Waals surface area contributed by atoms with Crippen LogP contribution in [0.25, 0.3) is 33.8 Å².